The third-order valence-corrected chi connectivity index (χ3v) is 4.38. The van der Waals surface area contributed by atoms with Gasteiger partial charge in [0.15, 0.2) is 0 Å². The van der Waals surface area contributed by atoms with Gasteiger partial charge in [-0.05, 0) is 38.3 Å². The molecule has 0 unspecified atom stereocenters. The Kier molecular flexibility index (Phi) is 8.67. The van der Waals surface area contributed by atoms with E-state index in [9.17, 15) is 14.4 Å². The maximum atomic E-state index is 12.5. The number of hydrogen-bond acceptors (Lipinski definition) is 6. The van der Waals surface area contributed by atoms with Crippen LogP contribution in [0.2, 0.25) is 0 Å². The van der Waals surface area contributed by atoms with Gasteiger partial charge in [-0.3, -0.25) is 9.59 Å². The number of methoxy groups -OCH3 is 1. The first-order valence-corrected chi connectivity index (χ1v) is 9.52. The van der Waals surface area contributed by atoms with Gasteiger partial charge in [-0.25, -0.2) is 9.78 Å². The Morgan fingerprint density at radius 1 is 1.18 bits per heavy atom. The molecule has 0 bridgehead atoms. The Morgan fingerprint density at radius 3 is 2.50 bits per heavy atom. The largest absolute Gasteiger partial charge is 0.450 e. The topological polar surface area (TPSA) is 110 Å². The summed E-state index contributed by atoms with van der Waals surface area (Å²) in [5, 5.41) is 5.67. The highest BCUT2D eigenvalue weighted by atomic mass is 16.6. The molecule has 1 saturated heterocycles. The molecule has 2 N–H and O–H groups in total. The van der Waals surface area contributed by atoms with Gasteiger partial charge in [-0.2, -0.15) is 0 Å². The molecule has 2 heterocycles. The molecule has 0 atom stereocenters. The molecule has 0 aliphatic carbocycles. The van der Waals surface area contributed by atoms with Crippen molar-refractivity contribution in [1.82, 2.24) is 20.5 Å². The third kappa shape index (κ3) is 6.49. The van der Waals surface area contributed by atoms with E-state index in [1.165, 1.54) is 0 Å². The highest BCUT2D eigenvalue weighted by Crippen LogP contribution is 2.12. The monoisotopic (exact) mass is 392 g/mol. The number of piperidine rings is 1. The quantitative estimate of drug-likeness (QED) is 0.643. The summed E-state index contributed by atoms with van der Waals surface area (Å²) in [6.07, 6.45) is 1.67. The fourth-order valence-electron chi connectivity index (χ4n) is 2.88. The summed E-state index contributed by atoms with van der Waals surface area (Å²) < 4.78 is 9.92. The molecule has 1 aliphatic rings. The van der Waals surface area contributed by atoms with Crippen LogP contribution in [0.4, 0.5) is 4.79 Å². The van der Waals surface area contributed by atoms with Gasteiger partial charge in [0.25, 0.3) is 11.8 Å². The van der Waals surface area contributed by atoms with E-state index in [0.717, 1.165) is 0 Å². The SMILES string of the molecule is CCOC(=O)N1CCC(NC(=O)c2cccc(C(=O)NCCCOC)n2)CC1. The van der Waals surface area contributed by atoms with Crippen molar-refractivity contribution in [3.05, 3.63) is 29.6 Å². The van der Waals surface area contributed by atoms with Crippen LogP contribution in [0.5, 0.6) is 0 Å². The van der Waals surface area contributed by atoms with Crippen LogP contribution in [0.15, 0.2) is 18.2 Å². The van der Waals surface area contributed by atoms with Crippen molar-refractivity contribution in [2.45, 2.75) is 32.2 Å². The first kappa shape index (κ1) is 21.6. The lowest BCUT2D eigenvalue weighted by molar-refractivity contribution is 0.0856. The average Bonchev–Trinajstić information content (AvgIpc) is 2.72. The van der Waals surface area contributed by atoms with Crippen molar-refractivity contribution in [2.75, 3.05) is 40.0 Å². The number of likely N-dealkylation sites (tertiary alicyclic amines) is 1. The number of ether oxygens (including phenoxy) is 2. The number of carbonyl (C=O) groups is 3. The van der Waals surface area contributed by atoms with Gasteiger partial charge in [0.05, 0.1) is 6.61 Å². The minimum absolute atomic E-state index is 0.0495. The zero-order chi connectivity index (χ0) is 20.4. The molecular formula is C19H28N4O5. The van der Waals surface area contributed by atoms with Crippen molar-refractivity contribution in [1.29, 1.82) is 0 Å². The Hall–Kier alpha value is -2.68. The highest BCUT2D eigenvalue weighted by Gasteiger charge is 2.25. The summed E-state index contributed by atoms with van der Waals surface area (Å²) in [5.74, 6) is -0.655. The van der Waals surface area contributed by atoms with E-state index in [1.807, 2.05) is 0 Å². The van der Waals surface area contributed by atoms with Gasteiger partial charge in [0.2, 0.25) is 0 Å². The van der Waals surface area contributed by atoms with Gasteiger partial charge in [0, 0.05) is 39.4 Å². The van der Waals surface area contributed by atoms with Crippen LogP contribution in [0.3, 0.4) is 0 Å². The van der Waals surface area contributed by atoms with Crippen LogP contribution >= 0.6 is 0 Å². The molecule has 9 heteroatoms. The number of amides is 3. The average molecular weight is 392 g/mol. The molecule has 28 heavy (non-hydrogen) atoms. The molecule has 1 aliphatic heterocycles. The zero-order valence-corrected chi connectivity index (χ0v) is 16.4. The van der Waals surface area contributed by atoms with Crippen molar-refractivity contribution in [3.8, 4) is 0 Å². The predicted molar refractivity (Wildman–Crippen MR) is 102 cm³/mol. The van der Waals surface area contributed by atoms with Gasteiger partial charge in [0.1, 0.15) is 11.4 Å². The molecule has 1 fully saturated rings. The minimum atomic E-state index is -0.330. The second-order valence-corrected chi connectivity index (χ2v) is 6.44. The van der Waals surface area contributed by atoms with E-state index < -0.39 is 0 Å². The van der Waals surface area contributed by atoms with Gasteiger partial charge in [-0.1, -0.05) is 6.07 Å². The lowest BCUT2D eigenvalue weighted by Crippen LogP contribution is -2.46. The molecule has 0 radical (unpaired) electrons. The molecule has 0 saturated carbocycles. The summed E-state index contributed by atoms with van der Waals surface area (Å²) in [5.41, 5.74) is 0.388. The first-order valence-electron chi connectivity index (χ1n) is 9.52. The predicted octanol–water partition coefficient (Wildman–Crippen LogP) is 1.20. The Morgan fingerprint density at radius 2 is 1.86 bits per heavy atom. The standard InChI is InChI=1S/C19H28N4O5/c1-3-28-19(26)23-11-8-14(9-12-23)21-18(25)16-7-4-6-15(22-16)17(24)20-10-5-13-27-2/h4,6-7,14H,3,5,8-13H2,1-2H3,(H,20,24)(H,21,25). The summed E-state index contributed by atoms with van der Waals surface area (Å²) >= 11 is 0. The Bertz CT molecular complexity index is 674. The van der Waals surface area contributed by atoms with E-state index in [2.05, 4.69) is 15.6 Å². The Labute approximate surface area is 164 Å². The number of rotatable bonds is 8. The number of pyridine rings is 1. The van der Waals surface area contributed by atoms with Crippen molar-refractivity contribution < 1.29 is 23.9 Å². The Balaban J connectivity index is 1.84. The molecule has 1 aromatic heterocycles. The molecule has 3 amide bonds. The van der Waals surface area contributed by atoms with Gasteiger partial charge >= 0.3 is 6.09 Å². The van der Waals surface area contributed by atoms with Crippen molar-refractivity contribution in [3.63, 3.8) is 0 Å². The lowest BCUT2D eigenvalue weighted by Gasteiger charge is -2.31. The van der Waals surface area contributed by atoms with E-state index in [4.69, 9.17) is 9.47 Å². The van der Waals surface area contributed by atoms with E-state index in [-0.39, 0.29) is 35.3 Å². The van der Waals surface area contributed by atoms with E-state index in [0.29, 0.717) is 52.1 Å². The normalized spacial score (nSPS) is 14.4. The van der Waals surface area contributed by atoms with Gasteiger partial charge in [-0.15, -0.1) is 0 Å². The number of nitrogens with zero attached hydrogens (tertiary/aromatic N) is 2. The number of nitrogens with one attached hydrogen (secondary N) is 2. The fourth-order valence-corrected chi connectivity index (χ4v) is 2.88. The van der Waals surface area contributed by atoms with Crippen LogP contribution < -0.4 is 10.6 Å². The first-order chi connectivity index (χ1) is 13.5. The molecule has 0 aromatic carbocycles. The summed E-state index contributed by atoms with van der Waals surface area (Å²) in [4.78, 5) is 42.1. The summed E-state index contributed by atoms with van der Waals surface area (Å²) in [6, 6.07) is 4.73. The van der Waals surface area contributed by atoms with Gasteiger partial charge < -0.3 is 25.0 Å². The minimum Gasteiger partial charge on any atom is -0.450 e. The van der Waals surface area contributed by atoms with Crippen LogP contribution in [0, 0.1) is 0 Å². The second-order valence-electron chi connectivity index (χ2n) is 6.44. The third-order valence-electron chi connectivity index (χ3n) is 4.38. The molecule has 2 rings (SSSR count). The smallest absolute Gasteiger partial charge is 0.409 e. The van der Waals surface area contributed by atoms with E-state index in [1.54, 1.807) is 37.1 Å². The number of hydrogen-bond donors (Lipinski definition) is 2. The van der Waals surface area contributed by atoms with Crippen LogP contribution in [-0.4, -0.2) is 73.8 Å². The second kappa shape index (κ2) is 11.2. The number of aromatic nitrogens is 1. The maximum absolute atomic E-state index is 12.5. The number of carbonyl (C=O) groups excluding carboxylic acids is 3. The maximum Gasteiger partial charge on any atom is 0.409 e. The molecule has 1 aromatic rings. The molecule has 0 spiro atoms. The molecule has 154 valence electrons. The van der Waals surface area contributed by atoms with Crippen molar-refractivity contribution in [2.24, 2.45) is 0 Å². The van der Waals surface area contributed by atoms with E-state index >= 15 is 0 Å². The zero-order valence-electron chi connectivity index (χ0n) is 16.4. The van der Waals surface area contributed by atoms with Crippen LogP contribution in [0.25, 0.3) is 0 Å². The van der Waals surface area contributed by atoms with Crippen LogP contribution in [-0.2, 0) is 9.47 Å². The summed E-state index contributed by atoms with van der Waals surface area (Å²) in [7, 11) is 1.60. The lowest BCUT2D eigenvalue weighted by atomic mass is 10.1. The molecular weight excluding hydrogens is 364 g/mol. The highest BCUT2D eigenvalue weighted by molar-refractivity contribution is 5.96. The fraction of sp³-hybridized carbons (Fsp3) is 0.579. The van der Waals surface area contributed by atoms with Crippen LogP contribution in [0.1, 0.15) is 47.2 Å². The van der Waals surface area contributed by atoms with Crippen molar-refractivity contribution >= 4 is 17.9 Å². The summed E-state index contributed by atoms with van der Waals surface area (Å²) in [6.45, 7) is 4.21. The molecule has 9 nitrogen and oxygen atoms in total.